The summed E-state index contributed by atoms with van der Waals surface area (Å²) in [6, 6.07) is 6.60. The molecule has 2 saturated heterocycles. The molecule has 0 bridgehead atoms. The number of aromatic nitrogens is 2. The second-order valence-corrected chi connectivity index (χ2v) is 13.2. The lowest BCUT2D eigenvalue weighted by atomic mass is 9.77. The Morgan fingerprint density at radius 1 is 1.06 bits per heavy atom. The third kappa shape index (κ3) is 11.1. The van der Waals surface area contributed by atoms with Crippen molar-refractivity contribution in [2.45, 2.75) is 71.9 Å². The van der Waals surface area contributed by atoms with Crippen LogP contribution in [0.1, 0.15) is 70.2 Å². The number of likely N-dealkylation sites (tertiary alicyclic amines) is 1. The van der Waals surface area contributed by atoms with Gasteiger partial charge >= 0.3 is 11.9 Å². The van der Waals surface area contributed by atoms with Crippen LogP contribution in [0, 0.1) is 11.2 Å². The van der Waals surface area contributed by atoms with Gasteiger partial charge in [-0.3, -0.25) is 9.69 Å². The summed E-state index contributed by atoms with van der Waals surface area (Å²) in [4.78, 5) is 40.6. The van der Waals surface area contributed by atoms with Crippen molar-refractivity contribution in [3.05, 3.63) is 41.8 Å². The Balaban J connectivity index is 0.000000992. The van der Waals surface area contributed by atoms with Gasteiger partial charge in [-0.05, 0) is 84.3 Å². The number of ether oxygens (including phenoxy) is 2. The van der Waals surface area contributed by atoms with Gasteiger partial charge in [0.05, 0.1) is 18.4 Å². The van der Waals surface area contributed by atoms with Crippen LogP contribution >= 0.6 is 0 Å². The van der Waals surface area contributed by atoms with E-state index in [1.54, 1.807) is 18.2 Å². The minimum atomic E-state index is -1.82. The van der Waals surface area contributed by atoms with Gasteiger partial charge in [-0.1, -0.05) is 13.3 Å². The van der Waals surface area contributed by atoms with Gasteiger partial charge in [0.25, 0.3) is 11.8 Å². The van der Waals surface area contributed by atoms with Crippen LogP contribution in [0.4, 0.5) is 10.1 Å². The number of likely N-dealkylation sites (N-methyl/N-ethyl adjacent to an activating group) is 1. The predicted molar refractivity (Wildman–Crippen MR) is 184 cm³/mol. The van der Waals surface area contributed by atoms with E-state index in [0.717, 1.165) is 58.0 Å². The molecule has 1 atom stereocenters. The molecule has 0 aliphatic carbocycles. The number of rotatable bonds is 16. The Kier molecular flexibility index (Phi) is 15.1. The van der Waals surface area contributed by atoms with Gasteiger partial charge in [0.2, 0.25) is 0 Å². The Morgan fingerprint density at radius 2 is 1.78 bits per heavy atom. The van der Waals surface area contributed by atoms with E-state index in [0.29, 0.717) is 18.5 Å². The standard InChI is InChI=1S/C33H51FN6O3.C2H2O4/c1-7-10-27(11-9-17-37(5)19-20-42-6)39-23-33(24-39)15-18-38(22-33)29-14-16-35-36-31(29)43-30-13-12-26(34)21-28(30)32(41)40(8-2)25(3)4;3-1(4)2(5)6/h12-14,16,21,25,27H,7-11,15,17-20,22-24H2,1-6H3;(H,3,4)(H,5,6)/t27-;/m1./s1. The molecule has 2 fully saturated rings. The fraction of sp³-hybridized carbons (Fsp3) is 0.629. The monoisotopic (exact) mass is 688 g/mol. The van der Waals surface area contributed by atoms with Gasteiger partial charge in [0.1, 0.15) is 17.3 Å². The topological polar surface area (TPSA) is 149 Å². The molecule has 2 N–H and O–H groups in total. The molecule has 13 nitrogen and oxygen atoms in total. The van der Waals surface area contributed by atoms with Crippen LogP contribution in [0.15, 0.2) is 30.5 Å². The summed E-state index contributed by atoms with van der Waals surface area (Å²) >= 11 is 0. The minimum absolute atomic E-state index is 0.0253. The average molecular weight is 689 g/mol. The van der Waals surface area contributed by atoms with Crippen molar-refractivity contribution < 1.29 is 38.5 Å². The van der Waals surface area contributed by atoms with Crippen molar-refractivity contribution in [2.75, 3.05) is 71.5 Å². The van der Waals surface area contributed by atoms with Gasteiger partial charge in [-0.2, -0.15) is 5.10 Å². The Labute approximate surface area is 289 Å². The van der Waals surface area contributed by atoms with Crippen LogP contribution in [-0.4, -0.2) is 132 Å². The predicted octanol–water partition coefficient (Wildman–Crippen LogP) is 4.47. The molecule has 272 valence electrons. The molecule has 0 radical (unpaired) electrons. The number of benzene rings is 1. The van der Waals surface area contributed by atoms with Crippen molar-refractivity contribution in [3.63, 3.8) is 0 Å². The van der Waals surface area contributed by atoms with Gasteiger partial charge in [0, 0.05) is 63.9 Å². The highest BCUT2D eigenvalue weighted by atomic mass is 19.1. The van der Waals surface area contributed by atoms with Crippen molar-refractivity contribution in [2.24, 2.45) is 5.41 Å². The lowest BCUT2D eigenvalue weighted by Gasteiger charge is -2.52. The first-order chi connectivity index (χ1) is 23.3. The molecule has 0 saturated carbocycles. The molecular weight excluding hydrogens is 635 g/mol. The summed E-state index contributed by atoms with van der Waals surface area (Å²) < 4.78 is 25.7. The summed E-state index contributed by atoms with van der Waals surface area (Å²) in [5.41, 5.74) is 1.30. The number of hydrogen-bond donors (Lipinski definition) is 2. The van der Waals surface area contributed by atoms with Crippen LogP contribution in [0.2, 0.25) is 0 Å². The third-order valence-electron chi connectivity index (χ3n) is 9.20. The number of nitrogens with zero attached hydrogens (tertiary/aromatic N) is 6. The van der Waals surface area contributed by atoms with Crippen molar-refractivity contribution in [1.29, 1.82) is 0 Å². The molecule has 3 heterocycles. The van der Waals surface area contributed by atoms with E-state index in [9.17, 15) is 9.18 Å². The highest BCUT2D eigenvalue weighted by Crippen LogP contribution is 2.45. The molecule has 2 aromatic rings. The number of carboxylic acid groups (broad SMARTS) is 2. The molecule has 49 heavy (non-hydrogen) atoms. The van der Waals surface area contributed by atoms with Crippen LogP contribution in [0.25, 0.3) is 0 Å². The van der Waals surface area contributed by atoms with Gasteiger partial charge in [0.15, 0.2) is 0 Å². The zero-order chi connectivity index (χ0) is 36.1. The molecule has 1 spiro atoms. The number of anilines is 1. The molecule has 1 aromatic heterocycles. The zero-order valence-corrected chi connectivity index (χ0v) is 29.7. The van der Waals surface area contributed by atoms with Crippen LogP contribution < -0.4 is 9.64 Å². The molecular formula is C35H53FN6O7. The highest BCUT2D eigenvalue weighted by molar-refractivity contribution is 6.27. The Morgan fingerprint density at radius 3 is 2.39 bits per heavy atom. The number of halogens is 1. The number of carbonyl (C=O) groups is 3. The number of hydrogen-bond acceptors (Lipinski definition) is 10. The molecule has 14 heteroatoms. The maximum Gasteiger partial charge on any atom is 0.414 e. The molecule has 2 aliphatic heterocycles. The van der Waals surface area contributed by atoms with Gasteiger partial charge in [-0.25, -0.2) is 14.0 Å². The first-order valence-corrected chi connectivity index (χ1v) is 17.1. The van der Waals surface area contributed by atoms with Gasteiger partial charge < -0.3 is 34.4 Å². The van der Waals surface area contributed by atoms with Crippen LogP contribution in [-0.2, 0) is 14.3 Å². The lowest BCUT2D eigenvalue weighted by Crippen LogP contribution is -2.60. The maximum atomic E-state index is 14.3. The normalized spacial score (nSPS) is 15.9. The first-order valence-electron chi connectivity index (χ1n) is 17.1. The molecule has 2 aliphatic rings. The fourth-order valence-corrected chi connectivity index (χ4v) is 6.66. The van der Waals surface area contributed by atoms with Crippen LogP contribution in [0.3, 0.4) is 0 Å². The first kappa shape index (κ1) is 39.6. The Hall–Kier alpha value is -3.88. The van der Waals surface area contributed by atoms with E-state index in [4.69, 9.17) is 29.3 Å². The largest absolute Gasteiger partial charge is 0.473 e. The third-order valence-corrected chi connectivity index (χ3v) is 9.20. The van der Waals surface area contributed by atoms with Crippen molar-refractivity contribution in [1.82, 2.24) is 24.9 Å². The number of carbonyl (C=O) groups excluding carboxylic acids is 1. The SMILES string of the molecule is CCC[C@H](CCCN(C)CCOC)N1CC2(CCN(c3ccnnc3Oc3ccc(F)cc3C(=O)N(CC)C(C)C)C2)C1.O=C(O)C(=O)O. The number of methoxy groups -OCH3 is 1. The average Bonchev–Trinajstić information content (AvgIpc) is 3.50. The summed E-state index contributed by atoms with van der Waals surface area (Å²) in [5.74, 6) is -3.78. The van der Waals surface area contributed by atoms with E-state index >= 15 is 0 Å². The van der Waals surface area contributed by atoms with Crippen LogP contribution in [0.5, 0.6) is 11.6 Å². The number of aliphatic carboxylic acids is 2. The second kappa shape index (κ2) is 18.8. The summed E-state index contributed by atoms with van der Waals surface area (Å²) in [7, 11) is 3.93. The van der Waals surface area contributed by atoms with Crippen molar-refractivity contribution >= 4 is 23.5 Å². The van der Waals surface area contributed by atoms with E-state index in [2.05, 4.69) is 38.9 Å². The fourth-order valence-electron chi connectivity index (χ4n) is 6.66. The summed E-state index contributed by atoms with van der Waals surface area (Å²) in [5, 5.41) is 23.2. The molecule has 1 aromatic carbocycles. The smallest absolute Gasteiger partial charge is 0.414 e. The number of amides is 1. The van der Waals surface area contributed by atoms with E-state index in [1.165, 1.54) is 43.9 Å². The maximum absolute atomic E-state index is 14.3. The molecule has 4 rings (SSSR count). The number of carboxylic acids is 2. The summed E-state index contributed by atoms with van der Waals surface area (Å²) in [6.45, 7) is 15.5. The Bertz CT molecular complexity index is 1380. The van der Waals surface area contributed by atoms with Crippen molar-refractivity contribution in [3.8, 4) is 11.6 Å². The van der Waals surface area contributed by atoms with E-state index in [-0.39, 0.29) is 28.7 Å². The minimum Gasteiger partial charge on any atom is -0.473 e. The summed E-state index contributed by atoms with van der Waals surface area (Å²) in [6.07, 6.45) is 7.65. The molecule has 0 unspecified atom stereocenters. The second-order valence-electron chi connectivity index (χ2n) is 13.2. The molecule has 1 amide bonds. The lowest BCUT2D eigenvalue weighted by molar-refractivity contribution is -0.159. The van der Waals surface area contributed by atoms with Gasteiger partial charge in [-0.15, -0.1) is 5.10 Å². The van der Waals surface area contributed by atoms with E-state index < -0.39 is 17.8 Å². The zero-order valence-electron chi connectivity index (χ0n) is 29.7. The highest BCUT2D eigenvalue weighted by Gasteiger charge is 2.49. The van der Waals surface area contributed by atoms with E-state index in [1.807, 2.05) is 26.8 Å². The quantitative estimate of drug-likeness (QED) is 0.240.